The third-order valence-corrected chi connectivity index (χ3v) is 2.78. The van der Waals surface area contributed by atoms with E-state index in [1.807, 2.05) is 6.92 Å². The van der Waals surface area contributed by atoms with E-state index in [9.17, 15) is 0 Å². The van der Waals surface area contributed by atoms with Crippen molar-refractivity contribution in [3.63, 3.8) is 0 Å². The minimum absolute atomic E-state index is 0. The topological polar surface area (TPSA) is 0 Å². The van der Waals surface area contributed by atoms with Crippen LogP contribution in [0, 0.1) is 0 Å². The maximum absolute atomic E-state index is 5.37. The Labute approximate surface area is 47.8 Å². The van der Waals surface area contributed by atoms with Crippen LogP contribution in [0.3, 0.4) is 0 Å². The summed E-state index contributed by atoms with van der Waals surface area (Å²) in [6.07, 6.45) is 0. The van der Waals surface area contributed by atoms with E-state index in [0.29, 0.717) is 0 Å². The van der Waals surface area contributed by atoms with E-state index in [4.69, 9.17) is 22.2 Å². The summed E-state index contributed by atoms with van der Waals surface area (Å²) in [6, 6.07) is 0.975. The molecule has 0 rings (SSSR count). The van der Waals surface area contributed by atoms with E-state index in [1.54, 1.807) is 0 Å². The molecule has 0 bridgehead atoms. The third kappa shape index (κ3) is 8.83. The number of halogens is 3. The van der Waals surface area contributed by atoms with Gasteiger partial charge in [-0.25, -0.2) is 0 Å². The monoisotopic (exact) mass is 148 g/mol. The highest BCUT2D eigenvalue weighted by Gasteiger charge is 1.91. The Hall–Kier alpha value is 0.727. The molecular formula is C2H7Cl2FSi. The average Bonchev–Trinajstić information content (AvgIpc) is 1.38. The highest BCUT2D eigenvalue weighted by atomic mass is 35.7. The van der Waals surface area contributed by atoms with Gasteiger partial charge >= 0.3 is 0 Å². The third-order valence-electron chi connectivity index (χ3n) is 0.309. The van der Waals surface area contributed by atoms with Gasteiger partial charge in [0.15, 0.2) is 0 Å². The van der Waals surface area contributed by atoms with Crippen molar-refractivity contribution >= 4 is 29.6 Å². The first-order valence-electron chi connectivity index (χ1n) is 1.55. The van der Waals surface area contributed by atoms with E-state index in [-0.39, 0.29) is 4.70 Å². The predicted octanol–water partition coefficient (Wildman–Crippen LogP) is 1.86. The molecular weight excluding hydrogens is 142 g/mol. The molecule has 0 saturated heterocycles. The van der Waals surface area contributed by atoms with Crippen molar-refractivity contribution in [2.75, 3.05) is 0 Å². The Kier molecular flexibility index (Phi) is 9.42. The van der Waals surface area contributed by atoms with Crippen molar-refractivity contribution < 1.29 is 4.70 Å². The van der Waals surface area contributed by atoms with Gasteiger partial charge in [0.05, 0.1) is 0 Å². The van der Waals surface area contributed by atoms with Crippen molar-refractivity contribution in [2.45, 2.75) is 13.0 Å². The van der Waals surface area contributed by atoms with Crippen LogP contribution in [0.4, 0.5) is 4.70 Å². The lowest BCUT2D eigenvalue weighted by atomic mass is 11.0. The Morgan fingerprint density at radius 3 is 1.67 bits per heavy atom. The summed E-state index contributed by atoms with van der Waals surface area (Å²) >= 11 is 10.7. The molecule has 0 fully saturated rings. The Bertz CT molecular complexity index is 25.5. The van der Waals surface area contributed by atoms with Gasteiger partial charge in [-0.2, -0.15) is 22.2 Å². The van der Waals surface area contributed by atoms with Crippen LogP contribution in [0.2, 0.25) is 6.04 Å². The van der Waals surface area contributed by atoms with Crippen LogP contribution in [0.5, 0.6) is 0 Å². The molecule has 0 spiro atoms. The zero-order valence-electron chi connectivity index (χ0n) is 3.45. The predicted molar refractivity (Wildman–Crippen MR) is 31.8 cm³/mol. The molecule has 6 heavy (non-hydrogen) atoms. The second-order valence-corrected chi connectivity index (χ2v) is 6.23. The van der Waals surface area contributed by atoms with Crippen LogP contribution in [0.25, 0.3) is 0 Å². The van der Waals surface area contributed by atoms with E-state index in [2.05, 4.69) is 0 Å². The van der Waals surface area contributed by atoms with Gasteiger partial charge in [0, 0.05) is 0 Å². The fraction of sp³-hybridized carbons (Fsp3) is 1.00. The van der Waals surface area contributed by atoms with E-state index in [1.165, 1.54) is 0 Å². The molecule has 0 saturated carbocycles. The van der Waals surface area contributed by atoms with Crippen molar-refractivity contribution in [2.24, 2.45) is 0 Å². The van der Waals surface area contributed by atoms with Crippen LogP contribution in [-0.4, -0.2) is 7.42 Å². The fourth-order valence-electron chi connectivity index (χ4n) is 0. The summed E-state index contributed by atoms with van der Waals surface area (Å²) < 4.78 is 0. The van der Waals surface area contributed by atoms with Gasteiger partial charge in [-0.1, -0.05) is 6.92 Å². The van der Waals surface area contributed by atoms with Gasteiger partial charge in [0.1, 0.15) is 0 Å². The van der Waals surface area contributed by atoms with Crippen LogP contribution in [-0.2, 0) is 0 Å². The molecule has 0 amide bonds. The van der Waals surface area contributed by atoms with Crippen LogP contribution in [0.1, 0.15) is 6.92 Å². The van der Waals surface area contributed by atoms with E-state index >= 15 is 0 Å². The molecule has 0 radical (unpaired) electrons. The molecule has 0 aliphatic carbocycles. The molecule has 0 unspecified atom stereocenters. The first kappa shape index (κ1) is 9.87. The van der Waals surface area contributed by atoms with Gasteiger partial charge in [0.2, 0.25) is 7.42 Å². The van der Waals surface area contributed by atoms with Crippen LogP contribution in [0.15, 0.2) is 0 Å². The summed E-state index contributed by atoms with van der Waals surface area (Å²) in [5, 5.41) is 0. The molecule has 4 heteroatoms. The molecule has 0 aliphatic heterocycles. The number of rotatable bonds is 1. The van der Waals surface area contributed by atoms with Crippen molar-refractivity contribution in [1.29, 1.82) is 0 Å². The summed E-state index contributed by atoms with van der Waals surface area (Å²) in [7, 11) is -1.21. The largest absolute Gasteiger partial charge is 0.269 e. The quantitative estimate of drug-likeness (QED) is 0.394. The first-order chi connectivity index (χ1) is 2.27. The minimum Gasteiger partial charge on any atom is -0.269 e. The van der Waals surface area contributed by atoms with Crippen LogP contribution >= 0.6 is 22.2 Å². The lowest BCUT2D eigenvalue weighted by Crippen LogP contribution is -1.83. The van der Waals surface area contributed by atoms with Gasteiger partial charge in [-0.15, -0.1) is 0 Å². The summed E-state index contributed by atoms with van der Waals surface area (Å²) in [6.45, 7) is 2.00. The van der Waals surface area contributed by atoms with Crippen LogP contribution < -0.4 is 0 Å². The van der Waals surface area contributed by atoms with E-state index in [0.717, 1.165) is 6.04 Å². The molecule has 0 N–H and O–H groups in total. The molecule has 0 aromatic heterocycles. The maximum atomic E-state index is 5.37. The Morgan fingerprint density at radius 2 is 1.67 bits per heavy atom. The molecule has 0 aromatic rings. The molecule has 40 valence electrons. The molecule has 0 atom stereocenters. The summed E-state index contributed by atoms with van der Waals surface area (Å²) in [5.41, 5.74) is 0. The molecule has 0 aliphatic rings. The second-order valence-electron chi connectivity index (χ2n) is 0.799. The average molecular weight is 149 g/mol. The molecule has 0 heterocycles. The van der Waals surface area contributed by atoms with Gasteiger partial charge < -0.3 is 0 Å². The highest BCUT2D eigenvalue weighted by Crippen LogP contribution is 1.98. The lowest BCUT2D eigenvalue weighted by Gasteiger charge is -1.81. The second kappa shape index (κ2) is 5.73. The standard InChI is InChI=1S/C2H6Cl2Si.FH/c1-2-5(3)4;/h5H,2H2,1H3;1H. The van der Waals surface area contributed by atoms with E-state index < -0.39 is 7.42 Å². The number of hydrogen-bond donors (Lipinski definition) is 0. The fourth-order valence-corrected chi connectivity index (χ4v) is 0. The highest BCUT2D eigenvalue weighted by molar-refractivity contribution is 7.33. The van der Waals surface area contributed by atoms with Crippen molar-refractivity contribution in [1.82, 2.24) is 0 Å². The smallest absolute Gasteiger partial charge is 0.236 e. The van der Waals surface area contributed by atoms with Gasteiger partial charge in [-0.3, -0.25) is 4.70 Å². The number of hydrogen-bond acceptors (Lipinski definition) is 0. The minimum atomic E-state index is -1.21. The summed E-state index contributed by atoms with van der Waals surface area (Å²) in [5.74, 6) is 0. The normalized spacial score (nSPS) is 8.00. The Balaban J connectivity index is 0. The molecule has 0 aromatic carbocycles. The van der Waals surface area contributed by atoms with Gasteiger partial charge in [0.25, 0.3) is 0 Å². The zero-order valence-corrected chi connectivity index (χ0v) is 6.12. The Morgan fingerprint density at radius 1 is 1.50 bits per heavy atom. The molecule has 0 nitrogen and oxygen atoms in total. The first-order valence-corrected chi connectivity index (χ1v) is 5.86. The lowest BCUT2D eigenvalue weighted by molar-refractivity contribution is 1.11. The SMILES string of the molecule is CC[SiH](Cl)Cl.F. The maximum Gasteiger partial charge on any atom is 0.236 e. The van der Waals surface area contributed by atoms with Crippen molar-refractivity contribution in [3.05, 3.63) is 0 Å². The summed E-state index contributed by atoms with van der Waals surface area (Å²) in [4.78, 5) is 0. The van der Waals surface area contributed by atoms with Crippen molar-refractivity contribution in [3.8, 4) is 0 Å². The zero-order chi connectivity index (χ0) is 4.28. The van der Waals surface area contributed by atoms with Gasteiger partial charge in [-0.05, 0) is 6.04 Å².